The number of rotatable bonds is 7. The van der Waals surface area contributed by atoms with Crippen molar-refractivity contribution < 1.29 is 9.59 Å². The fourth-order valence-electron chi connectivity index (χ4n) is 3.29. The number of hydrogen-bond donors (Lipinski definition) is 1. The number of nitrogens with zero attached hydrogens (tertiary/aromatic N) is 5. The number of aromatic nitrogens is 4. The minimum atomic E-state index is -0.334. The van der Waals surface area contributed by atoms with E-state index in [0.717, 1.165) is 38.0 Å². The first kappa shape index (κ1) is 19.5. The lowest BCUT2D eigenvalue weighted by Gasteiger charge is -2.33. The summed E-state index contributed by atoms with van der Waals surface area (Å²) in [6.45, 7) is 5.94. The Balaban J connectivity index is 1.36. The molecule has 1 unspecified atom stereocenters. The summed E-state index contributed by atoms with van der Waals surface area (Å²) in [4.78, 5) is 35.8. The first-order valence-electron chi connectivity index (χ1n) is 9.33. The van der Waals surface area contributed by atoms with Gasteiger partial charge in [0.25, 0.3) is 0 Å². The van der Waals surface area contributed by atoms with E-state index in [2.05, 4.69) is 20.4 Å². The molecule has 1 aliphatic heterocycles. The Bertz CT molecular complexity index is 752. The summed E-state index contributed by atoms with van der Waals surface area (Å²) in [6, 6.07) is -0.334. The smallest absolute Gasteiger partial charge is 0.247 e. The number of aryl methyl sites for hydroxylation is 2. The topological polar surface area (TPSA) is 93.0 Å². The van der Waals surface area contributed by atoms with E-state index in [-0.39, 0.29) is 17.9 Å². The number of likely N-dealkylation sites (tertiary alicyclic amines) is 1. The van der Waals surface area contributed by atoms with Crippen LogP contribution in [0.1, 0.15) is 42.8 Å². The fraction of sp³-hybridized carbons (Fsp3) is 0.611. The predicted octanol–water partition coefficient (Wildman–Crippen LogP) is 1.59. The second-order valence-electron chi connectivity index (χ2n) is 6.99. The van der Waals surface area contributed by atoms with Crippen LogP contribution in [0.2, 0.25) is 0 Å². The maximum absolute atomic E-state index is 12.6. The normalized spacial score (nSPS) is 16.3. The summed E-state index contributed by atoms with van der Waals surface area (Å²) in [5, 5.41) is 7.09. The van der Waals surface area contributed by atoms with Crippen molar-refractivity contribution >= 4 is 23.2 Å². The summed E-state index contributed by atoms with van der Waals surface area (Å²) < 4.78 is 1.58. The number of nitrogens with one attached hydrogen (secondary N) is 1. The van der Waals surface area contributed by atoms with Crippen molar-refractivity contribution in [3.8, 4) is 0 Å². The van der Waals surface area contributed by atoms with Gasteiger partial charge in [-0.05, 0) is 39.0 Å². The van der Waals surface area contributed by atoms with E-state index in [9.17, 15) is 9.59 Å². The van der Waals surface area contributed by atoms with Crippen LogP contribution in [0.5, 0.6) is 0 Å². The molecule has 146 valence electrons. The molecule has 0 spiro atoms. The summed E-state index contributed by atoms with van der Waals surface area (Å²) in [6.07, 6.45) is 6.06. The molecule has 2 aromatic rings. The Morgan fingerprint density at radius 3 is 2.78 bits per heavy atom. The van der Waals surface area contributed by atoms with Crippen molar-refractivity contribution in [2.75, 3.05) is 19.6 Å². The molecule has 1 atom stereocenters. The van der Waals surface area contributed by atoms with E-state index in [1.165, 1.54) is 11.2 Å². The Hall–Kier alpha value is -2.29. The summed E-state index contributed by atoms with van der Waals surface area (Å²) in [7, 11) is 0. The first-order chi connectivity index (χ1) is 13.0. The third kappa shape index (κ3) is 5.12. The van der Waals surface area contributed by atoms with E-state index in [1.54, 1.807) is 22.3 Å². The van der Waals surface area contributed by atoms with Crippen molar-refractivity contribution in [2.24, 2.45) is 5.92 Å². The van der Waals surface area contributed by atoms with E-state index in [1.807, 2.05) is 24.3 Å². The average molecular weight is 391 g/mol. The molecule has 1 saturated heterocycles. The Kier molecular flexibility index (Phi) is 6.54. The summed E-state index contributed by atoms with van der Waals surface area (Å²) >= 11 is 1.60. The van der Waals surface area contributed by atoms with Crippen molar-refractivity contribution in [1.29, 1.82) is 0 Å². The van der Waals surface area contributed by atoms with Crippen LogP contribution in [0.15, 0.2) is 18.2 Å². The molecule has 2 amide bonds. The van der Waals surface area contributed by atoms with Crippen LogP contribution in [-0.2, 0) is 16.0 Å². The third-order valence-electron chi connectivity index (χ3n) is 5.13. The van der Waals surface area contributed by atoms with Gasteiger partial charge in [0.2, 0.25) is 11.8 Å². The quantitative estimate of drug-likeness (QED) is 0.775. The molecule has 0 aliphatic carbocycles. The molecule has 1 aliphatic rings. The second kappa shape index (κ2) is 9.07. The number of carbonyl (C=O) groups is 2. The van der Waals surface area contributed by atoms with Gasteiger partial charge in [0, 0.05) is 30.9 Å². The highest BCUT2D eigenvalue weighted by Crippen LogP contribution is 2.20. The Labute approximate surface area is 163 Å². The lowest BCUT2D eigenvalue weighted by molar-refractivity contribution is -0.136. The second-order valence-corrected chi connectivity index (χ2v) is 7.92. The van der Waals surface area contributed by atoms with E-state index < -0.39 is 0 Å². The zero-order valence-corrected chi connectivity index (χ0v) is 16.6. The van der Waals surface area contributed by atoms with Gasteiger partial charge < -0.3 is 10.2 Å². The average Bonchev–Trinajstić information content (AvgIpc) is 3.36. The Morgan fingerprint density at radius 2 is 2.15 bits per heavy atom. The summed E-state index contributed by atoms with van der Waals surface area (Å²) in [5.41, 5.74) is 2.84. The molecule has 1 N–H and O–H groups in total. The van der Waals surface area contributed by atoms with E-state index >= 15 is 0 Å². The van der Waals surface area contributed by atoms with Gasteiger partial charge in [-0.15, -0.1) is 11.3 Å². The zero-order chi connectivity index (χ0) is 19.2. The third-order valence-corrected chi connectivity index (χ3v) is 6.12. The standard InChI is InChI=1S/C18H26N6O2S/c1-13-16(27-12-21-13)3-4-17(25)20-9-15-5-7-23(8-6-15)18(26)14(2)24-11-19-10-22-24/h10-12,14-15H,3-9H2,1-2H3,(H,20,25). The molecular formula is C18H26N6O2S. The molecule has 3 heterocycles. The van der Waals surface area contributed by atoms with Crippen molar-refractivity contribution in [3.63, 3.8) is 0 Å². The lowest BCUT2D eigenvalue weighted by Crippen LogP contribution is -2.44. The van der Waals surface area contributed by atoms with Gasteiger partial charge in [0.15, 0.2) is 0 Å². The highest BCUT2D eigenvalue weighted by atomic mass is 32.1. The van der Waals surface area contributed by atoms with E-state index in [0.29, 0.717) is 18.9 Å². The predicted molar refractivity (Wildman–Crippen MR) is 102 cm³/mol. The van der Waals surface area contributed by atoms with Crippen LogP contribution in [0.3, 0.4) is 0 Å². The van der Waals surface area contributed by atoms with Gasteiger partial charge in [-0.3, -0.25) is 9.59 Å². The number of carbonyl (C=O) groups excluding carboxylic acids is 2. The molecule has 0 saturated carbocycles. The molecule has 8 nitrogen and oxygen atoms in total. The van der Waals surface area contributed by atoms with Crippen LogP contribution in [0, 0.1) is 12.8 Å². The molecule has 1 fully saturated rings. The summed E-state index contributed by atoms with van der Waals surface area (Å²) in [5.74, 6) is 0.578. The van der Waals surface area contributed by atoms with Crippen molar-refractivity contribution in [1.82, 2.24) is 30.0 Å². The van der Waals surface area contributed by atoms with Gasteiger partial charge in [-0.25, -0.2) is 14.6 Å². The van der Waals surface area contributed by atoms with Gasteiger partial charge >= 0.3 is 0 Å². The van der Waals surface area contributed by atoms with Crippen LogP contribution in [0.4, 0.5) is 0 Å². The largest absolute Gasteiger partial charge is 0.356 e. The Morgan fingerprint density at radius 1 is 1.37 bits per heavy atom. The maximum atomic E-state index is 12.6. The van der Waals surface area contributed by atoms with Crippen molar-refractivity contribution in [3.05, 3.63) is 28.7 Å². The van der Waals surface area contributed by atoms with Crippen LogP contribution >= 0.6 is 11.3 Å². The zero-order valence-electron chi connectivity index (χ0n) is 15.8. The highest BCUT2D eigenvalue weighted by Gasteiger charge is 2.27. The van der Waals surface area contributed by atoms with Crippen LogP contribution in [0.25, 0.3) is 0 Å². The number of amides is 2. The van der Waals surface area contributed by atoms with Crippen LogP contribution < -0.4 is 5.32 Å². The molecule has 27 heavy (non-hydrogen) atoms. The first-order valence-corrected chi connectivity index (χ1v) is 10.2. The molecule has 0 bridgehead atoms. The van der Waals surface area contributed by atoms with Gasteiger partial charge in [-0.1, -0.05) is 0 Å². The monoisotopic (exact) mass is 390 g/mol. The molecule has 0 radical (unpaired) electrons. The van der Waals surface area contributed by atoms with Gasteiger partial charge in [0.05, 0.1) is 11.2 Å². The number of piperidine rings is 1. The minimum absolute atomic E-state index is 0.0721. The minimum Gasteiger partial charge on any atom is -0.356 e. The molecule has 9 heteroatoms. The van der Waals surface area contributed by atoms with Gasteiger partial charge in [-0.2, -0.15) is 5.10 Å². The molecule has 2 aromatic heterocycles. The number of hydrogen-bond acceptors (Lipinski definition) is 6. The van der Waals surface area contributed by atoms with Crippen LogP contribution in [-0.4, -0.2) is 56.1 Å². The van der Waals surface area contributed by atoms with E-state index in [4.69, 9.17) is 0 Å². The fourth-order valence-corrected chi connectivity index (χ4v) is 4.07. The molecule has 0 aromatic carbocycles. The molecular weight excluding hydrogens is 364 g/mol. The van der Waals surface area contributed by atoms with Crippen molar-refractivity contribution in [2.45, 2.75) is 45.6 Å². The van der Waals surface area contributed by atoms with Gasteiger partial charge in [0.1, 0.15) is 18.7 Å². The molecule has 3 rings (SSSR count). The lowest BCUT2D eigenvalue weighted by atomic mass is 9.96. The number of thiazole rings is 1. The highest BCUT2D eigenvalue weighted by molar-refractivity contribution is 7.09. The maximum Gasteiger partial charge on any atom is 0.247 e. The SMILES string of the molecule is Cc1ncsc1CCC(=O)NCC1CCN(C(=O)C(C)n2cncn2)CC1.